The Morgan fingerprint density at radius 1 is 0.968 bits per heavy atom. The van der Waals surface area contributed by atoms with Gasteiger partial charge < -0.3 is 10.6 Å². The van der Waals surface area contributed by atoms with Crippen LogP contribution in [0.25, 0.3) is 11.2 Å². The van der Waals surface area contributed by atoms with E-state index >= 15 is 0 Å². The Morgan fingerprint density at radius 3 is 2.55 bits per heavy atom. The smallest absolute Gasteiger partial charge is 0.229 e. The monoisotopic (exact) mass is 456 g/mol. The van der Waals surface area contributed by atoms with Gasteiger partial charge in [-0.15, -0.1) is 0 Å². The molecule has 2 aromatic carbocycles. The molecular formula is C22H19Cl2FN6. The minimum absolute atomic E-state index is 0.243. The lowest BCUT2D eigenvalue weighted by atomic mass is 10.2. The third-order valence-corrected chi connectivity index (χ3v) is 6.16. The van der Waals surface area contributed by atoms with E-state index in [1.54, 1.807) is 42.6 Å². The van der Waals surface area contributed by atoms with Gasteiger partial charge in [0.05, 0.1) is 21.9 Å². The highest BCUT2D eigenvalue weighted by Crippen LogP contribution is 2.36. The van der Waals surface area contributed by atoms with Crippen LogP contribution in [0.3, 0.4) is 0 Å². The van der Waals surface area contributed by atoms with Gasteiger partial charge in [-0.1, -0.05) is 48.2 Å². The minimum atomic E-state index is -0.333. The first-order valence-corrected chi connectivity index (χ1v) is 10.8. The summed E-state index contributed by atoms with van der Waals surface area (Å²) < 4.78 is 16.3. The van der Waals surface area contributed by atoms with E-state index in [9.17, 15) is 4.39 Å². The topological polar surface area (TPSA) is 67.7 Å². The van der Waals surface area contributed by atoms with Gasteiger partial charge in [-0.3, -0.25) is 4.57 Å². The Kier molecular flexibility index (Phi) is 5.38. The summed E-state index contributed by atoms with van der Waals surface area (Å²) in [5.74, 6) is 0.649. The second kappa shape index (κ2) is 8.32. The molecular weight excluding hydrogens is 438 g/mol. The van der Waals surface area contributed by atoms with E-state index in [1.165, 1.54) is 6.07 Å². The number of imidazole rings is 1. The first kappa shape index (κ1) is 20.0. The summed E-state index contributed by atoms with van der Waals surface area (Å²) in [7, 11) is 0. The standard InChI is InChI=1S/C22H19Cl2FN6/c23-15-10-9-13(11-16(15)24)27-21-26-12-19-20(30-21)31(14-5-1-2-6-14)22(29-19)28-18-8-4-3-7-17(18)25/h3-4,7-12,14H,1-2,5-6H2,(H,28,29)(H,26,27,30). The summed E-state index contributed by atoms with van der Waals surface area (Å²) in [4.78, 5) is 13.8. The van der Waals surface area contributed by atoms with Crippen molar-refractivity contribution in [2.24, 2.45) is 0 Å². The van der Waals surface area contributed by atoms with Crippen molar-refractivity contribution in [2.75, 3.05) is 10.6 Å². The van der Waals surface area contributed by atoms with E-state index in [1.807, 2.05) is 0 Å². The lowest BCUT2D eigenvalue weighted by molar-refractivity contribution is 0.535. The molecule has 0 bridgehead atoms. The summed E-state index contributed by atoms with van der Waals surface area (Å²) in [6.07, 6.45) is 6.00. The zero-order chi connectivity index (χ0) is 21.4. The minimum Gasteiger partial charge on any atom is -0.324 e. The molecule has 0 unspecified atom stereocenters. The lowest BCUT2D eigenvalue weighted by Crippen LogP contribution is -2.10. The van der Waals surface area contributed by atoms with E-state index in [2.05, 4.69) is 25.2 Å². The van der Waals surface area contributed by atoms with Gasteiger partial charge >= 0.3 is 0 Å². The van der Waals surface area contributed by atoms with Crippen molar-refractivity contribution in [1.29, 1.82) is 0 Å². The van der Waals surface area contributed by atoms with Crippen LogP contribution in [0.4, 0.5) is 27.7 Å². The van der Waals surface area contributed by atoms with E-state index in [0.29, 0.717) is 38.8 Å². The largest absolute Gasteiger partial charge is 0.324 e. The maximum absolute atomic E-state index is 14.2. The Balaban J connectivity index is 1.55. The van der Waals surface area contributed by atoms with Crippen LogP contribution in [-0.2, 0) is 0 Å². The van der Waals surface area contributed by atoms with Crippen molar-refractivity contribution in [2.45, 2.75) is 31.7 Å². The normalized spacial score (nSPS) is 14.3. The van der Waals surface area contributed by atoms with Crippen LogP contribution in [0.2, 0.25) is 10.0 Å². The third kappa shape index (κ3) is 4.03. The highest BCUT2D eigenvalue weighted by atomic mass is 35.5. The van der Waals surface area contributed by atoms with Gasteiger partial charge in [0.25, 0.3) is 0 Å². The summed E-state index contributed by atoms with van der Waals surface area (Å²) in [6, 6.07) is 12.0. The Labute approximate surface area is 188 Å². The van der Waals surface area contributed by atoms with Crippen LogP contribution in [0.15, 0.2) is 48.7 Å². The molecule has 1 fully saturated rings. The lowest BCUT2D eigenvalue weighted by Gasteiger charge is -2.17. The summed E-state index contributed by atoms with van der Waals surface area (Å²) in [5.41, 5.74) is 2.44. The van der Waals surface area contributed by atoms with Crippen molar-refractivity contribution >= 4 is 57.6 Å². The second-order valence-corrected chi connectivity index (χ2v) is 8.32. The molecule has 0 radical (unpaired) electrons. The number of para-hydroxylation sites is 1. The van der Waals surface area contributed by atoms with Gasteiger partial charge in [-0.05, 0) is 43.2 Å². The van der Waals surface area contributed by atoms with Crippen LogP contribution in [0.1, 0.15) is 31.7 Å². The second-order valence-electron chi connectivity index (χ2n) is 7.50. The molecule has 2 heterocycles. The van der Waals surface area contributed by atoms with Crippen LogP contribution in [-0.4, -0.2) is 19.5 Å². The Bertz CT molecular complexity index is 1250. The number of fused-ring (bicyclic) bond motifs is 1. The van der Waals surface area contributed by atoms with Crippen LogP contribution >= 0.6 is 23.2 Å². The van der Waals surface area contributed by atoms with Crippen molar-refractivity contribution in [3.8, 4) is 0 Å². The Hall–Kier alpha value is -2.90. The van der Waals surface area contributed by atoms with Gasteiger partial charge in [0.1, 0.15) is 11.3 Å². The fourth-order valence-electron chi connectivity index (χ4n) is 3.93. The average molecular weight is 457 g/mol. The highest BCUT2D eigenvalue weighted by Gasteiger charge is 2.24. The number of anilines is 4. The molecule has 6 nitrogen and oxygen atoms in total. The van der Waals surface area contributed by atoms with Gasteiger partial charge in [0, 0.05) is 11.7 Å². The van der Waals surface area contributed by atoms with Gasteiger partial charge in [0.15, 0.2) is 5.65 Å². The van der Waals surface area contributed by atoms with Crippen molar-refractivity contribution < 1.29 is 4.39 Å². The first-order valence-electron chi connectivity index (χ1n) is 10.1. The average Bonchev–Trinajstić information content (AvgIpc) is 3.39. The van der Waals surface area contributed by atoms with E-state index in [4.69, 9.17) is 28.2 Å². The number of nitrogens with one attached hydrogen (secondary N) is 2. The molecule has 1 saturated carbocycles. The Morgan fingerprint density at radius 2 is 1.77 bits per heavy atom. The molecule has 0 spiro atoms. The molecule has 0 amide bonds. The molecule has 5 rings (SSSR count). The summed E-state index contributed by atoms with van der Waals surface area (Å²) >= 11 is 12.1. The van der Waals surface area contributed by atoms with Crippen LogP contribution in [0.5, 0.6) is 0 Å². The number of benzene rings is 2. The van der Waals surface area contributed by atoms with Crippen LogP contribution in [0, 0.1) is 5.82 Å². The maximum atomic E-state index is 14.2. The van der Waals surface area contributed by atoms with Crippen molar-refractivity contribution in [1.82, 2.24) is 19.5 Å². The van der Waals surface area contributed by atoms with E-state index in [-0.39, 0.29) is 11.9 Å². The van der Waals surface area contributed by atoms with Gasteiger partial charge in [-0.25, -0.2) is 14.4 Å². The van der Waals surface area contributed by atoms with Gasteiger partial charge in [0.2, 0.25) is 11.9 Å². The van der Waals surface area contributed by atoms with Gasteiger partial charge in [-0.2, -0.15) is 4.98 Å². The van der Waals surface area contributed by atoms with Crippen molar-refractivity contribution in [3.63, 3.8) is 0 Å². The molecule has 31 heavy (non-hydrogen) atoms. The number of hydrogen-bond acceptors (Lipinski definition) is 5. The molecule has 2 aromatic heterocycles. The van der Waals surface area contributed by atoms with E-state index < -0.39 is 0 Å². The third-order valence-electron chi connectivity index (χ3n) is 5.42. The molecule has 1 aliphatic carbocycles. The maximum Gasteiger partial charge on any atom is 0.229 e. The quantitative estimate of drug-likeness (QED) is 0.342. The zero-order valence-electron chi connectivity index (χ0n) is 16.4. The predicted molar refractivity (Wildman–Crippen MR) is 122 cm³/mol. The molecule has 2 N–H and O–H groups in total. The molecule has 9 heteroatoms. The fraction of sp³-hybridized carbons (Fsp3) is 0.227. The molecule has 0 atom stereocenters. The number of halogens is 3. The fourth-order valence-corrected chi connectivity index (χ4v) is 4.23. The number of hydrogen-bond donors (Lipinski definition) is 2. The molecule has 158 valence electrons. The summed E-state index contributed by atoms with van der Waals surface area (Å²) in [6.45, 7) is 0. The van der Waals surface area contributed by atoms with Crippen LogP contribution < -0.4 is 10.6 Å². The number of aromatic nitrogens is 4. The molecule has 0 aliphatic heterocycles. The summed E-state index contributed by atoms with van der Waals surface area (Å²) in [5, 5.41) is 7.23. The zero-order valence-corrected chi connectivity index (χ0v) is 18.0. The SMILES string of the molecule is Fc1ccccc1Nc1nc2cnc(Nc3ccc(Cl)c(Cl)c3)nc2n1C1CCCC1. The number of rotatable bonds is 5. The molecule has 4 aromatic rings. The van der Waals surface area contributed by atoms with Crippen molar-refractivity contribution in [3.05, 3.63) is 64.5 Å². The predicted octanol–water partition coefficient (Wildman–Crippen LogP) is 6.87. The van der Waals surface area contributed by atoms with E-state index in [0.717, 1.165) is 31.4 Å². The number of nitrogens with zero attached hydrogens (tertiary/aromatic N) is 4. The first-order chi connectivity index (χ1) is 15.1. The molecule has 0 saturated heterocycles. The highest BCUT2D eigenvalue weighted by molar-refractivity contribution is 6.42. The molecule has 1 aliphatic rings.